The van der Waals surface area contributed by atoms with Gasteiger partial charge in [0.2, 0.25) is 0 Å². The zero-order valence-electron chi connectivity index (χ0n) is 9.41. The minimum Gasteiger partial charge on any atom is -0.389 e. The number of rotatable bonds is 4. The van der Waals surface area contributed by atoms with Crippen LogP contribution in [0.2, 0.25) is 0 Å². The molecule has 1 atom stereocenters. The molecule has 0 aromatic carbocycles. The Labute approximate surface area is 94.7 Å². The molecule has 0 radical (unpaired) electrons. The predicted octanol–water partition coefficient (Wildman–Crippen LogP) is 1.79. The van der Waals surface area contributed by atoms with E-state index in [1.54, 1.807) is 6.07 Å². The van der Waals surface area contributed by atoms with E-state index in [1.807, 2.05) is 6.92 Å². The molecule has 1 aliphatic rings. The molecule has 1 saturated carbocycles. The number of hydrogen-bond donors (Lipinski definition) is 2. The number of aromatic nitrogens is 1. The molecular weight excluding hydrogens is 207 g/mol. The maximum Gasteiger partial charge on any atom is 0.141 e. The lowest BCUT2D eigenvalue weighted by molar-refractivity contribution is -0.0330. The third kappa shape index (κ3) is 2.57. The fourth-order valence-electron chi connectivity index (χ4n) is 1.85. The number of nitrogens with zero attached hydrogens (tertiary/aromatic N) is 1. The monoisotopic (exact) mass is 224 g/mol. The summed E-state index contributed by atoms with van der Waals surface area (Å²) in [6.45, 7) is 2.54. The van der Waals surface area contributed by atoms with Crippen LogP contribution in [0.25, 0.3) is 0 Å². The molecule has 4 heteroatoms. The molecular formula is C12H17FN2O. The van der Waals surface area contributed by atoms with Crippen LogP contribution in [0.15, 0.2) is 18.3 Å². The van der Waals surface area contributed by atoms with Gasteiger partial charge in [-0.25, -0.2) is 4.39 Å². The zero-order valence-corrected chi connectivity index (χ0v) is 9.41. The average Bonchev–Trinajstić information content (AvgIpc) is 2.24. The van der Waals surface area contributed by atoms with Crippen LogP contribution in [0.4, 0.5) is 4.39 Å². The molecule has 1 heterocycles. The summed E-state index contributed by atoms with van der Waals surface area (Å²) in [6, 6.07) is 3.10. The van der Waals surface area contributed by atoms with Gasteiger partial charge in [-0.05, 0) is 38.3 Å². The number of aliphatic hydroxyl groups is 1. The Balaban J connectivity index is 1.87. The fraction of sp³-hybridized carbons (Fsp3) is 0.583. The summed E-state index contributed by atoms with van der Waals surface area (Å²) in [5.74, 6) is -0.325. The van der Waals surface area contributed by atoms with Crippen molar-refractivity contribution in [2.45, 2.75) is 37.8 Å². The second-order valence-corrected chi connectivity index (χ2v) is 4.58. The molecule has 0 spiro atoms. The molecule has 0 saturated heterocycles. The second-order valence-electron chi connectivity index (χ2n) is 4.58. The molecule has 0 amide bonds. The van der Waals surface area contributed by atoms with Crippen molar-refractivity contribution in [2.24, 2.45) is 0 Å². The highest BCUT2D eigenvalue weighted by atomic mass is 19.1. The van der Waals surface area contributed by atoms with E-state index < -0.39 is 5.60 Å². The first-order valence-corrected chi connectivity index (χ1v) is 5.66. The topological polar surface area (TPSA) is 45.1 Å². The van der Waals surface area contributed by atoms with Crippen molar-refractivity contribution in [3.8, 4) is 0 Å². The van der Waals surface area contributed by atoms with Crippen LogP contribution < -0.4 is 5.32 Å². The van der Waals surface area contributed by atoms with Crippen LogP contribution in [-0.2, 0) is 0 Å². The average molecular weight is 224 g/mol. The number of nitrogens with one attached hydrogen (secondary N) is 1. The minimum atomic E-state index is -0.533. The van der Waals surface area contributed by atoms with Crippen molar-refractivity contribution in [3.05, 3.63) is 29.8 Å². The predicted molar refractivity (Wildman–Crippen MR) is 59.4 cm³/mol. The number of pyridine rings is 1. The van der Waals surface area contributed by atoms with Crippen molar-refractivity contribution in [2.75, 3.05) is 6.54 Å². The Morgan fingerprint density at radius 3 is 2.81 bits per heavy atom. The summed E-state index contributed by atoms with van der Waals surface area (Å²) in [6.07, 6.45) is 4.04. The van der Waals surface area contributed by atoms with Gasteiger partial charge in [0.25, 0.3) is 0 Å². The van der Waals surface area contributed by atoms with Crippen molar-refractivity contribution in [1.82, 2.24) is 10.3 Å². The van der Waals surface area contributed by atoms with E-state index in [-0.39, 0.29) is 11.9 Å². The SMILES string of the molecule is CC(NCC1(O)CCC1)c1ccc(F)cn1. The van der Waals surface area contributed by atoms with E-state index in [0.717, 1.165) is 25.0 Å². The molecule has 0 aliphatic heterocycles. The molecule has 2 rings (SSSR count). The normalized spacial score (nSPS) is 20.2. The van der Waals surface area contributed by atoms with Gasteiger partial charge < -0.3 is 10.4 Å². The molecule has 2 N–H and O–H groups in total. The lowest BCUT2D eigenvalue weighted by Crippen LogP contribution is -2.46. The van der Waals surface area contributed by atoms with Crippen molar-refractivity contribution < 1.29 is 9.50 Å². The van der Waals surface area contributed by atoms with Crippen molar-refractivity contribution in [1.29, 1.82) is 0 Å². The number of halogens is 1. The van der Waals surface area contributed by atoms with Crippen molar-refractivity contribution in [3.63, 3.8) is 0 Å². The Morgan fingerprint density at radius 1 is 1.56 bits per heavy atom. The first-order valence-electron chi connectivity index (χ1n) is 5.66. The van der Waals surface area contributed by atoms with E-state index in [4.69, 9.17) is 0 Å². The summed E-state index contributed by atoms with van der Waals surface area (Å²) in [5, 5.41) is 13.1. The van der Waals surface area contributed by atoms with Gasteiger partial charge >= 0.3 is 0 Å². The molecule has 1 aliphatic carbocycles. The van der Waals surface area contributed by atoms with Gasteiger partial charge in [0.15, 0.2) is 0 Å². The zero-order chi connectivity index (χ0) is 11.6. The Bertz CT molecular complexity index is 349. The van der Waals surface area contributed by atoms with E-state index in [0.29, 0.717) is 6.54 Å². The van der Waals surface area contributed by atoms with Crippen LogP contribution in [0, 0.1) is 5.82 Å². The standard InChI is InChI=1S/C12H17FN2O/c1-9(11-4-3-10(13)7-14-11)15-8-12(16)5-2-6-12/h3-4,7,9,15-16H,2,5-6,8H2,1H3. The van der Waals surface area contributed by atoms with Gasteiger partial charge in [-0.2, -0.15) is 0 Å². The maximum absolute atomic E-state index is 12.7. The van der Waals surface area contributed by atoms with Crippen LogP contribution in [0.1, 0.15) is 37.9 Å². The first-order chi connectivity index (χ1) is 7.59. The van der Waals surface area contributed by atoms with Gasteiger partial charge in [0.05, 0.1) is 17.5 Å². The third-order valence-electron chi connectivity index (χ3n) is 3.22. The molecule has 88 valence electrons. The summed E-state index contributed by atoms with van der Waals surface area (Å²) < 4.78 is 12.7. The molecule has 1 unspecified atom stereocenters. The second kappa shape index (κ2) is 4.47. The minimum absolute atomic E-state index is 0.0326. The van der Waals surface area contributed by atoms with E-state index >= 15 is 0 Å². The van der Waals surface area contributed by atoms with Crippen molar-refractivity contribution >= 4 is 0 Å². The van der Waals surface area contributed by atoms with E-state index in [1.165, 1.54) is 12.3 Å². The maximum atomic E-state index is 12.7. The largest absolute Gasteiger partial charge is 0.389 e. The lowest BCUT2D eigenvalue weighted by atomic mass is 9.80. The van der Waals surface area contributed by atoms with Gasteiger partial charge in [-0.3, -0.25) is 4.98 Å². The highest BCUT2D eigenvalue weighted by Crippen LogP contribution is 2.31. The number of hydrogen-bond acceptors (Lipinski definition) is 3. The smallest absolute Gasteiger partial charge is 0.141 e. The van der Waals surface area contributed by atoms with Crippen LogP contribution in [0.3, 0.4) is 0 Å². The molecule has 16 heavy (non-hydrogen) atoms. The van der Waals surface area contributed by atoms with Gasteiger partial charge in [-0.15, -0.1) is 0 Å². The van der Waals surface area contributed by atoms with Gasteiger partial charge in [0.1, 0.15) is 5.82 Å². The highest BCUT2D eigenvalue weighted by molar-refractivity contribution is 5.09. The summed E-state index contributed by atoms with van der Waals surface area (Å²) in [5.41, 5.74) is 0.262. The molecule has 0 bridgehead atoms. The van der Waals surface area contributed by atoms with E-state index in [2.05, 4.69) is 10.3 Å². The summed E-state index contributed by atoms with van der Waals surface area (Å²) in [4.78, 5) is 4.00. The Morgan fingerprint density at radius 2 is 2.31 bits per heavy atom. The molecule has 1 fully saturated rings. The molecule has 1 aromatic rings. The quantitative estimate of drug-likeness (QED) is 0.819. The van der Waals surface area contributed by atoms with Gasteiger partial charge in [-0.1, -0.05) is 0 Å². The van der Waals surface area contributed by atoms with Crippen LogP contribution >= 0.6 is 0 Å². The Hall–Kier alpha value is -1.00. The fourth-order valence-corrected chi connectivity index (χ4v) is 1.85. The van der Waals surface area contributed by atoms with E-state index in [9.17, 15) is 9.50 Å². The molecule has 3 nitrogen and oxygen atoms in total. The molecule has 1 aromatic heterocycles. The van der Waals surface area contributed by atoms with Crippen LogP contribution in [-0.4, -0.2) is 22.2 Å². The summed E-state index contributed by atoms with van der Waals surface area (Å²) in [7, 11) is 0. The first kappa shape index (κ1) is 11.5. The van der Waals surface area contributed by atoms with Crippen LogP contribution in [0.5, 0.6) is 0 Å². The highest BCUT2D eigenvalue weighted by Gasteiger charge is 2.34. The van der Waals surface area contributed by atoms with Gasteiger partial charge in [0, 0.05) is 12.6 Å². The summed E-state index contributed by atoms with van der Waals surface area (Å²) >= 11 is 0. The third-order valence-corrected chi connectivity index (χ3v) is 3.22. The Kier molecular flexibility index (Phi) is 3.21. The lowest BCUT2D eigenvalue weighted by Gasteiger charge is -2.37.